The molecular weight excluding hydrogens is 377 g/mol. The van der Waals surface area contributed by atoms with Crippen LogP contribution in [0.5, 0.6) is 0 Å². The van der Waals surface area contributed by atoms with Crippen LogP contribution in [0.1, 0.15) is 41.5 Å². The number of nitrogens with zero attached hydrogens (tertiary/aromatic N) is 2. The van der Waals surface area contributed by atoms with Crippen molar-refractivity contribution in [2.45, 2.75) is 38.8 Å². The lowest BCUT2D eigenvalue weighted by Gasteiger charge is -2.25. The number of Topliss-reactive ketones (excluding diaryl/α,β-unsaturated/α-hetero) is 1. The maximum Gasteiger partial charge on any atom is 0.417 e. The molecule has 3 rings (SSSR count). The highest BCUT2D eigenvalue weighted by atomic mass is 19.4. The molecule has 1 aliphatic rings. The SMILES string of the molecule is Cc1ccc(CCC(=O)CN(CC2CC2)c2ccc(C#N)c(C(F)(F)F)c2)cc1. The Morgan fingerprint density at radius 1 is 1.17 bits per heavy atom. The topological polar surface area (TPSA) is 44.1 Å². The first-order chi connectivity index (χ1) is 13.8. The van der Waals surface area contributed by atoms with Crippen LogP contribution in [0.25, 0.3) is 0 Å². The molecule has 1 aliphatic carbocycles. The Morgan fingerprint density at radius 2 is 1.86 bits per heavy atom. The van der Waals surface area contributed by atoms with Gasteiger partial charge in [0.15, 0.2) is 5.78 Å². The summed E-state index contributed by atoms with van der Waals surface area (Å²) in [6, 6.07) is 13.2. The molecule has 0 atom stereocenters. The summed E-state index contributed by atoms with van der Waals surface area (Å²) in [5, 5.41) is 8.99. The van der Waals surface area contributed by atoms with Crippen molar-refractivity contribution in [3.05, 3.63) is 64.7 Å². The van der Waals surface area contributed by atoms with Gasteiger partial charge in [-0.2, -0.15) is 18.4 Å². The largest absolute Gasteiger partial charge is 0.417 e. The molecule has 0 bridgehead atoms. The number of rotatable bonds is 8. The fraction of sp³-hybridized carbons (Fsp3) is 0.391. The fourth-order valence-electron chi connectivity index (χ4n) is 3.26. The Hall–Kier alpha value is -2.81. The van der Waals surface area contributed by atoms with Crippen molar-refractivity contribution in [1.29, 1.82) is 5.26 Å². The quantitative estimate of drug-likeness (QED) is 0.604. The van der Waals surface area contributed by atoms with Gasteiger partial charge in [-0.25, -0.2) is 0 Å². The van der Waals surface area contributed by atoms with E-state index in [1.165, 1.54) is 12.1 Å². The van der Waals surface area contributed by atoms with Gasteiger partial charge in [-0.1, -0.05) is 29.8 Å². The zero-order chi connectivity index (χ0) is 21.0. The van der Waals surface area contributed by atoms with Crippen molar-refractivity contribution in [2.24, 2.45) is 5.92 Å². The molecule has 1 saturated carbocycles. The van der Waals surface area contributed by atoms with E-state index in [9.17, 15) is 18.0 Å². The van der Waals surface area contributed by atoms with Crippen molar-refractivity contribution in [3.63, 3.8) is 0 Å². The minimum Gasteiger partial charge on any atom is -0.364 e. The lowest BCUT2D eigenvalue weighted by atomic mass is 10.0. The molecule has 1 fully saturated rings. The van der Waals surface area contributed by atoms with E-state index in [-0.39, 0.29) is 12.3 Å². The van der Waals surface area contributed by atoms with Gasteiger partial charge < -0.3 is 4.90 Å². The second-order valence-electron chi connectivity index (χ2n) is 7.69. The Morgan fingerprint density at radius 3 is 2.45 bits per heavy atom. The normalized spacial score (nSPS) is 13.8. The predicted molar refractivity (Wildman–Crippen MR) is 106 cm³/mol. The highest BCUT2D eigenvalue weighted by molar-refractivity contribution is 5.83. The van der Waals surface area contributed by atoms with Gasteiger partial charge in [-0.15, -0.1) is 0 Å². The molecule has 0 unspecified atom stereocenters. The highest BCUT2D eigenvalue weighted by Crippen LogP contribution is 2.36. The van der Waals surface area contributed by atoms with Gasteiger partial charge in [0.25, 0.3) is 0 Å². The maximum atomic E-state index is 13.3. The standard InChI is InChI=1S/C23H23F3N2O/c1-16-2-4-17(5-3-16)8-11-21(29)15-28(14-18-6-7-18)20-10-9-19(13-27)22(12-20)23(24,25)26/h2-5,9-10,12,18H,6-8,11,14-15H2,1H3. The fourth-order valence-corrected chi connectivity index (χ4v) is 3.26. The van der Waals surface area contributed by atoms with Crippen LogP contribution in [0.3, 0.4) is 0 Å². The summed E-state index contributed by atoms with van der Waals surface area (Å²) in [5.41, 5.74) is 1.20. The van der Waals surface area contributed by atoms with E-state index in [1.807, 2.05) is 31.2 Å². The monoisotopic (exact) mass is 400 g/mol. The molecule has 6 heteroatoms. The van der Waals surface area contributed by atoms with Gasteiger partial charge in [0.05, 0.1) is 23.7 Å². The van der Waals surface area contributed by atoms with Crippen LogP contribution in [0, 0.1) is 24.2 Å². The van der Waals surface area contributed by atoms with Crippen molar-refractivity contribution in [3.8, 4) is 6.07 Å². The summed E-state index contributed by atoms with van der Waals surface area (Å²) >= 11 is 0. The minimum atomic E-state index is -4.61. The molecule has 0 spiro atoms. The third-order valence-electron chi connectivity index (χ3n) is 5.15. The minimum absolute atomic E-state index is 0.0101. The molecule has 0 saturated heterocycles. The molecule has 0 heterocycles. The van der Waals surface area contributed by atoms with Crippen LogP contribution in [0.2, 0.25) is 0 Å². The molecule has 3 nitrogen and oxygen atoms in total. The summed E-state index contributed by atoms with van der Waals surface area (Å²) in [6.45, 7) is 2.63. The van der Waals surface area contributed by atoms with Crippen LogP contribution in [0.15, 0.2) is 42.5 Å². The van der Waals surface area contributed by atoms with Crippen molar-refractivity contribution >= 4 is 11.5 Å². The first kappa shape index (κ1) is 20.9. The molecule has 152 valence electrons. The zero-order valence-electron chi connectivity index (χ0n) is 16.3. The summed E-state index contributed by atoms with van der Waals surface area (Å²) in [4.78, 5) is 14.3. The van der Waals surface area contributed by atoms with Crippen molar-refractivity contribution in [2.75, 3.05) is 18.0 Å². The Balaban J connectivity index is 1.73. The summed E-state index contributed by atoms with van der Waals surface area (Å²) in [5.74, 6) is 0.397. The Bertz CT molecular complexity index is 909. The van der Waals surface area contributed by atoms with Gasteiger partial charge in [0, 0.05) is 18.7 Å². The van der Waals surface area contributed by atoms with Crippen LogP contribution >= 0.6 is 0 Å². The summed E-state index contributed by atoms with van der Waals surface area (Å²) in [6.07, 6.45) is -1.61. The molecule has 29 heavy (non-hydrogen) atoms. The molecule has 0 amide bonds. The smallest absolute Gasteiger partial charge is 0.364 e. The zero-order valence-corrected chi connectivity index (χ0v) is 16.3. The van der Waals surface area contributed by atoms with E-state index in [1.54, 1.807) is 11.0 Å². The number of hydrogen-bond donors (Lipinski definition) is 0. The van der Waals surface area contributed by atoms with Gasteiger partial charge in [0.2, 0.25) is 0 Å². The number of anilines is 1. The average Bonchev–Trinajstić information content (AvgIpc) is 3.50. The number of hydrogen-bond acceptors (Lipinski definition) is 3. The molecular formula is C23H23F3N2O. The van der Waals surface area contributed by atoms with Gasteiger partial charge >= 0.3 is 6.18 Å². The lowest BCUT2D eigenvalue weighted by Crippen LogP contribution is -2.32. The van der Waals surface area contributed by atoms with Gasteiger partial charge in [-0.05, 0) is 55.9 Å². The lowest BCUT2D eigenvalue weighted by molar-refractivity contribution is -0.137. The van der Waals surface area contributed by atoms with Crippen LogP contribution in [-0.4, -0.2) is 18.9 Å². The first-order valence-corrected chi connectivity index (χ1v) is 9.70. The first-order valence-electron chi connectivity index (χ1n) is 9.70. The number of carbonyl (C=O) groups is 1. The van der Waals surface area contributed by atoms with E-state index in [2.05, 4.69) is 0 Å². The van der Waals surface area contributed by atoms with E-state index >= 15 is 0 Å². The third-order valence-corrected chi connectivity index (χ3v) is 5.15. The summed E-state index contributed by atoms with van der Waals surface area (Å²) in [7, 11) is 0. The van der Waals surface area contributed by atoms with Crippen molar-refractivity contribution in [1.82, 2.24) is 0 Å². The number of carbonyl (C=O) groups excluding carboxylic acids is 1. The second-order valence-corrected chi connectivity index (χ2v) is 7.69. The van der Waals surface area contributed by atoms with E-state index < -0.39 is 17.3 Å². The second kappa shape index (κ2) is 8.69. The van der Waals surface area contributed by atoms with Crippen LogP contribution in [-0.2, 0) is 17.4 Å². The number of ketones is 1. The average molecular weight is 400 g/mol. The molecule has 2 aromatic carbocycles. The molecule has 0 aromatic heterocycles. The van der Waals surface area contributed by atoms with Gasteiger partial charge in [-0.3, -0.25) is 4.79 Å². The summed E-state index contributed by atoms with van der Waals surface area (Å²) < 4.78 is 39.9. The molecule has 0 N–H and O–H groups in total. The highest BCUT2D eigenvalue weighted by Gasteiger charge is 2.35. The number of halogens is 3. The van der Waals surface area contributed by atoms with E-state index in [0.717, 1.165) is 30.0 Å². The molecule has 0 radical (unpaired) electrons. The van der Waals surface area contributed by atoms with E-state index in [4.69, 9.17) is 5.26 Å². The van der Waals surface area contributed by atoms with Gasteiger partial charge in [0.1, 0.15) is 0 Å². The number of alkyl halides is 3. The molecule has 0 aliphatic heterocycles. The van der Waals surface area contributed by atoms with Crippen LogP contribution < -0.4 is 4.90 Å². The Kier molecular flexibility index (Phi) is 6.26. The number of aryl methyl sites for hydroxylation is 2. The predicted octanol–water partition coefficient (Wildman–Crippen LogP) is 5.30. The third kappa shape index (κ3) is 5.83. The van der Waals surface area contributed by atoms with E-state index in [0.29, 0.717) is 31.0 Å². The number of nitriles is 1. The van der Waals surface area contributed by atoms with Crippen molar-refractivity contribution < 1.29 is 18.0 Å². The van der Waals surface area contributed by atoms with Crippen LogP contribution in [0.4, 0.5) is 18.9 Å². The Labute approximate surface area is 168 Å². The maximum absolute atomic E-state index is 13.3. The number of benzene rings is 2. The molecule has 2 aromatic rings.